The van der Waals surface area contributed by atoms with Crippen LogP contribution in [0, 0.1) is 10.1 Å². The van der Waals surface area contributed by atoms with Gasteiger partial charge in [0.1, 0.15) is 0 Å². The van der Waals surface area contributed by atoms with Crippen molar-refractivity contribution in [1.82, 2.24) is 10.2 Å². The van der Waals surface area contributed by atoms with Gasteiger partial charge in [-0.3, -0.25) is 19.8 Å². The number of nitrogens with zero attached hydrogens (tertiary/aromatic N) is 3. The highest BCUT2D eigenvalue weighted by Crippen LogP contribution is 2.25. The van der Waals surface area contributed by atoms with E-state index in [0.29, 0.717) is 12.2 Å². The molecule has 1 aromatic rings. The predicted octanol–water partition coefficient (Wildman–Crippen LogP) is 0.758. The molecule has 0 saturated carbocycles. The third-order valence-corrected chi connectivity index (χ3v) is 3.65. The molecular weight excluding hydrogens is 332 g/mol. The number of hydrogen-bond donors (Lipinski definition) is 1. The Bertz CT molecular complexity index is 733. The molecule has 0 bridgehead atoms. The summed E-state index contributed by atoms with van der Waals surface area (Å²) >= 11 is 0. The molecule has 25 heavy (non-hydrogen) atoms. The zero-order valence-corrected chi connectivity index (χ0v) is 14.0. The van der Waals surface area contributed by atoms with E-state index in [1.54, 1.807) is 19.0 Å². The third kappa shape index (κ3) is 3.84. The summed E-state index contributed by atoms with van der Waals surface area (Å²) in [6.07, 6.45) is -1.20. The molecule has 1 aliphatic rings. The number of hydrogen-bond acceptors (Lipinski definition) is 7. The number of benzene rings is 1. The molecule has 0 aliphatic carbocycles. The molecule has 1 fully saturated rings. The van der Waals surface area contributed by atoms with Crippen LogP contribution in [0.5, 0.6) is 0 Å². The molecule has 10 heteroatoms. The normalized spacial score (nSPS) is 14.7. The summed E-state index contributed by atoms with van der Waals surface area (Å²) in [5, 5.41) is 13.4. The summed E-state index contributed by atoms with van der Waals surface area (Å²) in [6, 6.07) is 3.25. The topological polar surface area (TPSA) is 122 Å². The van der Waals surface area contributed by atoms with Crippen LogP contribution in [0.25, 0.3) is 0 Å². The van der Waals surface area contributed by atoms with Gasteiger partial charge in [-0.2, -0.15) is 0 Å². The summed E-state index contributed by atoms with van der Waals surface area (Å²) in [5.74, 6) is -1.53. The van der Waals surface area contributed by atoms with Gasteiger partial charge in [0.05, 0.1) is 16.2 Å². The lowest BCUT2D eigenvalue weighted by molar-refractivity contribution is -0.384. The van der Waals surface area contributed by atoms with Crippen LogP contribution < -0.4 is 10.2 Å². The zero-order valence-electron chi connectivity index (χ0n) is 14.0. The van der Waals surface area contributed by atoms with Crippen molar-refractivity contribution in [3.63, 3.8) is 0 Å². The third-order valence-electron chi connectivity index (χ3n) is 3.65. The second-order valence-electron chi connectivity index (χ2n) is 5.62. The maximum atomic E-state index is 12.4. The van der Waals surface area contributed by atoms with Gasteiger partial charge in [0, 0.05) is 39.3 Å². The highest BCUT2D eigenvalue weighted by molar-refractivity contribution is 6.01. The van der Waals surface area contributed by atoms with Gasteiger partial charge in [0.15, 0.2) is 6.10 Å². The van der Waals surface area contributed by atoms with Crippen LogP contribution in [0.1, 0.15) is 17.3 Å². The molecule has 0 radical (unpaired) electrons. The van der Waals surface area contributed by atoms with Crippen molar-refractivity contribution >= 4 is 29.3 Å². The predicted molar refractivity (Wildman–Crippen MR) is 87.4 cm³/mol. The summed E-state index contributed by atoms with van der Waals surface area (Å²) in [4.78, 5) is 49.0. The summed E-state index contributed by atoms with van der Waals surface area (Å²) in [7, 11) is 3.34. The second-order valence-corrected chi connectivity index (χ2v) is 5.62. The maximum Gasteiger partial charge on any atom is 0.341 e. The Balaban J connectivity index is 2.21. The summed E-state index contributed by atoms with van der Waals surface area (Å²) in [5.41, 5.74) is 0.106. The zero-order chi connectivity index (χ0) is 18.7. The van der Waals surface area contributed by atoms with Crippen LogP contribution in [0.2, 0.25) is 0 Å². The first-order valence-corrected chi connectivity index (χ1v) is 7.48. The fourth-order valence-electron chi connectivity index (χ4n) is 2.37. The number of amides is 3. The molecule has 2 rings (SSSR count). The number of esters is 1. The van der Waals surface area contributed by atoms with Gasteiger partial charge in [-0.25, -0.2) is 9.59 Å². The van der Waals surface area contributed by atoms with E-state index in [1.165, 1.54) is 19.1 Å². The average molecular weight is 350 g/mol. The first-order chi connectivity index (χ1) is 11.7. The van der Waals surface area contributed by atoms with E-state index >= 15 is 0 Å². The van der Waals surface area contributed by atoms with E-state index in [9.17, 15) is 24.5 Å². The molecule has 1 N–H and O–H groups in total. The molecule has 0 spiro atoms. The Morgan fingerprint density at radius 2 is 2.08 bits per heavy atom. The van der Waals surface area contributed by atoms with Crippen molar-refractivity contribution in [2.75, 3.05) is 32.1 Å². The smallest absolute Gasteiger partial charge is 0.341 e. The van der Waals surface area contributed by atoms with Crippen LogP contribution in [0.4, 0.5) is 16.2 Å². The van der Waals surface area contributed by atoms with Gasteiger partial charge >= 0.3 is 12.0 Å². The molecule has 0 aromatic heterocycles. The lowest BCUT2D eigenvalue weighted by atomic mass is 10.1. The standard InChI is InChI=1S/C15H18N4O6/c1-9(13(20)18-7-6-16-15(18)22)25-14(21)11-8-10(19(23)24)4-5-12(11)17(2)3/h4-5,8-9H,6-7H2,1-3H3,(H,16,22)/t9-/m0/s1. The first kappa shape index (κ1) is 18.2. The quantitative estimate of drug-likeness (QED) is 0.472. The maximum absolute atomic E-state index is 12.4. The molecule has 1 saturated heterocycles. The molecule has 1 atom stereocenters. The van der Waals surface area contributed by atoms with Gasteiger partial charge in [0.2, 0.25) is 0 Å². The number of carbonyl (C=O) groups is 3. The fraction of sp³-hybridized carbons (Fsp3) is 0.400. The van der Waals surface area contributed by atoms with Crippen molar-refractivity contribution in [1.29, 1.82) is 0 Å². The SMILES string of the molecule is C[C@H](OC(=O)c1cc([N+](=O)[O-])ccc1N(C)C)C(=O)N1CCNC1=O. The van der Waals surface area contributed by atoms with Crippen LogP contribution in [0.3, 0.4) is 0 Å². The monoisotopic (exact) mass is 350 g/mol. The van der Waals surface area contributed by atoms with Crippen molar-refractivity contribution in [3.8, 4) is 0 Å². The number of carbonyl (C=O) groups excluding carboxylic acids is 3. The number of urea groups is 1. The first-order valence-electron chi connectivity index (χ1n) is 7.48. The highest BCUT2D eigenvalue weighted by atomic mass is 16.6. The number of imide groups is 1. The minimum Gasteiger partial charge on any atom is -0.449 e. The number of ether oxygens (including phenoxy) is 1. The number of anilines is 1. The van der Waals surface area contributed by atoms with E-state index < -0.39 is 28.9 Å². The Morgan fingerprint density at radius 1 is 1.40 bits per heavy atom. The van der Waals surface area contributed by atoms with Crippen LogP contribution in [-0.2, 0) is 9.53 Å². The molecular formula is C15H18N4O6. The van der Waals surface area contributed by atoms with E-state index in [2.05, 4.69) is 5.32 Å². The van der Waals surface area contributed by atoms with Gasteiger partial charge < -0.3 is 15.0 Å². The van der Waals surface area contributed by atoms with E-state index in [1.807, 2.05) is 0 Å². The number of nitro benzene ring substituents is 1. The fourth-order valence-corrected chi connectivity index (χ4v) is 2.37. The molecule has 0 unspecified atom stereocenters. The minimum absolute atomic E-state index is 0.0373. The highest BCUT2D eigenvalue weighted by Gasteiger charge is 2.32. The summed E-state index contributed by atoms with van der Waals surface area (Å²) in [6.45, 7) is 1.87. The Kier molecular flexibility index (Phi) is 5.20. The minimum atomic E-state index is -1.20. The lowest BCUT2D eigenvalue weighted by Crippen LogP contribution is -2.41. The van der Waals surface area contributed by atoms with Gasteiger partial charge in [-0.15, -0.1) is 0 Å². The van der Waals surface area contributed by atoms with Gasteiger partial charge in [-0.05, 0) is 13.0 Å². The Hall–Kier alpha value is -3.17. The van der Waals surface area contributed by atoms with Crippen LogP contribution in [-0.4, -0.2) is 61.0 Å². The molecule has 134 valence electrons. The van der Waals surface area contributed by atoms with E-state index in [-0.39, 0.29) is 17.8 Å². The number of rotatable bonds is 5. The van der Waals surface area contributed by atoms with E-state index in [4.69, 9.17) is 4.74 Å². The van der Waals surface area contributed by atoms with Crippen molar-refractivity contribution in [3.05, 3.63) is 33.9 Å². The van der Waals surface area contributed by atoms with Crippen molar-refractivity contribution < 1.29 is 24.0 Å². The molecule has 3 amide bonds. The Labute approximate surface area is 143 Å². The number of nitrogens with one attached hydrogen (secondary N) is 1. The molecule has 10 nitrogen and oxygen atoms in total. The van der Waals surface area contributed by atoms with Gasteiger partial charge in [-0.1, -0.05) is 0 Å². The van der Waals surface area contributed by atoms with Crippen LogP contribution >= 0.6 is 0 Å². The lowest BCUT2D eigenvalue weighted by Gasteiger charge is -2.20. The van der Waals surface area contributed by atoms with Crippen LogP contribution in [0.15, 0.2) is 18.2 Å². The van der Waals surface area contributed by atoms with Crippen molar-refractivity contribution in [2.45, 2.75) is 13.0 Å². The molecule has 1 aromatic carbocycles. The summed E-state index contributed by atoms with van der Waals surface area (Å²) < 4.78 is 5.13. The second kappa shape index (κ2) is 7.16. The van der Waals surface area contributed by atoms with E-state index in [0.717, 1.165) is 11.0 Å². The Morgan fingerprint density at radius 3 is 2.60 bits per heavy atom. The number of nitro groups is 1. The molecule has 1 aliphatic heterocycles. The van der Waals surface area contributed by atoms with Gasteiger partial charge in [0.25, 0.3) is 11.6 Å². The average Bonchev–Trinajstić information content (AvgIpc) is 2.99. The number of non-ortho nitro benzene ring substituents is 1. The molecule has 1 heterocycles. The largest absolute Gasteiger partial charge is 0.449 e. The van der Waals surface area contributed by atoms with Crippen molar-refractivity contribution in [2.24, 2.45) is 0 Å².